The molecule has 3 rings (SSSR count). The Morgan fingerprint density at radius 3 is 1.67 bits per heavy atom. The van der Waals surface area contributed by atoms with Gasteiger partial charge in [-0.25, -0.2) is 0 Å². The number of allylic oxidation sites excluding steroid dienone is 2. The second kappa shape index (κ2) is 11.6. The Bertz CT molecular complexity index is 404. The molecule has 156 valence electrons. The SMILES string of the molecule is CCCC[C@H]1CC[C@H](C2CCC([C@H]3CC[C@H](/C=C/CCF)CC3)CC2)CC1. The summed E-state index contributed by atoms with van der Waals surface area (Å²) in [5.41, 5.74) is 0. The molecular formula is C26H45F. The fraction of sp³-hybridized carbons (Fsp3) is 0.923. The summed E-state index contributed by atoms with van der Waals surface area (Å²) < 4.78 is 12.2. The van der Waals surface area contributed by atoms with Gasteiger partial charge in [0.15, 0.2) is 0 Å². The van der Waals surface area contributed by atoms with Crippen molar-refractivity contribution in [2.45, 2.75) is 110 Å². The van der Waals surface area contributed by atoms with Crippen molar-refractivity contribution in [1.82, 2.24) is 0 Å². The van der Waals surface area contributed by atoms with E-state index in [1.54, 1.807) is 12.8 Å². The van der Waals surface area contributed by atoms with Crippen LogP contribution in [0.4, 0.5) is 4.39 Å². The van der Waals surface area contributed by atoms with Gasteiger partial charge in [-0.2, -0.15) is 0 Å². The Morgan fingerprint density at radius 1 is 0.704 bits per heavy atom. The van der Waals surface area contributed by atoms with Crippen LogP contribution in [-0.4, -0.2) is 6.67 Å². The first-order chi connectivity index (χ1) is 13.3. The summed E-state index contributed by atoms with van der Waals surface area (Å²) in [6.07, 6.45) is 27.2. The minimum atomic E-state index is -0.199. The highest BCUT2D eigenvalue weighted by Gasteiger charge is 2.34. The van der Waals surface area contributed by atoms with Crippen molar-refractivity contribution >= 4 is 0 Å². The molecule has 3 fully saturated rings. The first-order valence-corrected chi connectivity index (χ1v) is 12.5. The minimum absolute atomic E-state index is 0.199. The minimum Gasteiger partial charge on any atom is -0.251 e. The van der Waals surface area contributed by atoms with E-state index in [0.717, 1.165) is 35.5 Å². The molecule has 27 heavy (non-hydrogen) atoms. The lowest BCUT2D eigenvalue weighted by Gasteiger charge is -2.41. The van der Waals surface area contributed by atoms with E-state index in [-0.39, 0.29) is 6.67 Å². The predicted octanol–water partition coefficient (Wildman–Crippen LogP) is 8.51. The number of halogens is 1. The smallest absolute Gasteiger partial charge is 0.0928 e. The molecule has 3 aliphatic carbocycles. The van der Waals surface area contributed by atoms with Gasteiger partial charge >= 0.3 is 0 Å². The zero-order valence-corrected chi connectivity index (χ0v) is 18.0. The van der Waals surface area contributed by atoms with Crippen LogP contribution in [0, 0.1) is 35.5 Å². The molecular weight excluding hydrogens is 331 g/mol. The number of rotatable bonds is 8. The summed E-state index contributed by atoms with van der Waals surface area (Å²) in [7, 11) is 0. The van der Waals surface area contributed by atoms with Crippen LogP contribution in [0.25, 0.3) is 0 Å². The third-order valence-electron chi connectivity index (χ3n) is 8.51. The van der Waals surface area contributed by atoms with Crippen LogP contribution in [0.5, 0.6) is 0 Å². The standard InChI is InChI=1S/C26H45F/c1-2-3-6-21-8-12-23(13-9-21)25-16-18-26(19-17-25)24-14-10-22(11-15-24)7-4-5-20-27/h4,7,21-26H,2-3,5-6,8-20H2,1H3/b7-4+/t21-,22-,23-,24-,25?,26?. The maximum atomic E-state index is 12.2. The molecule has 0 bridgehead atoms. The van der Waals surface area contributed by atoms with Gasteiger partial charge in [-0.1, -0.05) is 51.2 Å². The zero-order chi connectivity index (χ0) is 18.9. The molecule has 0 aromatic carbocycles. The second-order valence-corrected chi connectivity index (χ2v) is 10.2. The van der Waals surface area contributed by atoms with E-state index < -0.39 is 0 Å². The monoisotopic (exact) mass is 376 g/mol. The number of hydrogen-bond acceptors (Lipinski definition) is 0. The summed E-state index contributed by atoms with van der Waals surface area (Å²) in [4.78, 5) is 0. The molecule has 3 aliphatic rings. The Morgan fingerprint density at radius 2 is 1.19 bits per heavy atom. The van der Waals surface area contributed by atoms with Gasteiger partial charge in [-0.15, -0.1) is 0 Å². The largest absolute Gasteiger partial charge is 0.251 e. The van der Waals surface area contributed by atoms with Gasteiger partial charge < -0.3 is 0 Å². The zero-order valence-electron chi connectivity index (χ0n) is 18.0. The summed E-state index contributed by atoms with van der Waals surface area (Å²) >= 11 is 0. The van der Waals surface area contributed by atoms with Gasteiger partial charge in [0, 0.05) is 0 Å². The fourth-order valence-electron chi connectivity index (χ4n) is 6.69. The molecule has 0 amide bonds. The van der Waals surface area contributed by atoms with Gasteiger partial charge in [-0.3, -0.25) is 4.39 Å². The molecule has 0 aliphatic heterocycles. The van der Waals surface area contributed by atoms with Gasteiger partial charge in [0.2, 0.25) is 0 Å². The maximum absolute atomic E-state index is 12.2. The third kappa shape index (κ3) is 6.60. The van der Waals surface area contributed by atoms with Gasteiger partial charge in [0.1, 0.15) is 0 Å². The number of alkyl halides is 1. The third-order valence-corrected chi connectivity index (χ3v) is 8.51. The molecule has 0 aromatic heterocycles. The summed E-state index contributed by atoms with van der Waals surface area (Å²) in [5.74, 6) is 5.96. The fourth-order valence-corrected chi connectivity index (χ4v) is 6.69. The van der Waals surface area contributed by atoms with E-state index >= 15 is 0 Å². The highest BCUT2D eigenvalue weighted by atomic mass is 19.1. The lowest BCUT2D eigenvalue weighted by atomic mass is 9.65. The van der Waals surface area contributed by atoms with E-state index in [2.05, 4.69) is 19.1 Å². The van der Waals surface area contributed by atoms with Crippen molar-refractivity contribution in [3.8, 4) is 0 Å². The molecule has 0 heterocycles. The van der Waals surface area contributed by atoms with Crippen LogP contribution in [-0.2, 0) is 0 Å². The van der Waals surface area contributed by atoms with Crippen LogP contribution in [0.1, 0.15) is 110 Å². The summed E-state index contributed by atoms with van der Waals surface area (Å²) in [6.45, 7) is 2.13. The highest BCUT2D eigenvalue weighted by Crippen LogP contribution is 2.46. The summed E-state index contributed by atoms with van der Waals surface area (Å²) in [5, 5.41) is 0. The van der Waals surface area contributed by atoms with Crippen LogP contribution < -0.4 is 0 Å². The highest BCUT2D eigenvalue weighted by molar-refractivity contribution is 4.93. The Labute approximate surface area is 168 Å². The molecule has 0 radical (unpaired) electrons. The van der Waals surface area contributed by atoms with Crippen LogP contribution >= 0.6 is 0 Å². The lowest BCUT2D eigenvalue weighted by Crippen LogP contribution is -2.29. The first kappa shape index (κ1) is 21.4. The Balaban J connectivity index is 1.33. The van der Waals surface area contributed by atoms with Gasteiger partial charge in [0.05, 0.1) is 6.67 Å². The molecule has 1 heteroatoms. The molecule has 0 saturated heterocycles. The average Bonchev–Trinajstić information content (AvgIpc) is 2.73. The predicted molar refractivity (Wildman–Crippen MR) is 116 cm³/mol. The Kier molecular flexibility index (Phi) is 9.20. The molecule has 0 atom stereocenters. The van der Waals surface area contributed by atoms with Crippen molar-refractivity contribution in [3.05, 3.63) is 12.2 Å². The van der Waals surface area contributed by atoms with E-state index in [4.69, 9.17) is 0 Å². The topological polar surface area (TPSA) is 0 Å². The van der Waals surface area contributed by atoms with Gasteiger partial charge in [-0.05, 0) is 106 Å². The van der Waals surface area contributed by atoms with Crippen molar-refractivity contribution in [2.24, 2.45) is 35.5 Å². The lowest BCUT2D eigenvalue weighted by molar-refractivity contribution is 0.107. The Hall–Kier alpha value is -0.330. The van der Waals surface area contributed by atoms with E-state index in [1.807, 2.05) is 0 Å². The molecule has 0 N–H and O–H groups in total. The quantitative estimate of drug-likeness (QED) is 0.372. The van der Waals surface area contributed by atoms with E-state index in [9.17, 15) is 4.39 Å². The number of hydrogen-bond donors (Lipinski definition) is 0. The van der Waals surface area contributed by atoms with Crippen molar-refractivity contribution in [1.29, 1.82) is 0 Å². The molecule has 3 saturated carbocycles. The van der Waals surface area contributed by atoms with Crippen LogP contribution in [0.2, 0.25) is 0 Å². The summed E-state index contributed by atoms with van der Waals surface area (Å²) in [6, 6.07) is 0. The first-order valence-electron chi connectivity index (χ1n) is 12.5. The van der Waals surface area contributed by atoms with Crippen LogP contribution in [0.3, 0.4) is 0 Å². The molecule has 0 aromatic rings. The van der Waals surface area contributed by atoms with E-state index in [1.165, 1.54) is 83.5 Å². The van der Waals surface area contributed by atoms with Crippen molar-refractivity contribution < 1.29 is 4.39 Å². The molecule has 0 unspecified atom stereocenters. The average molecular weight is 377 g/mol. The normalized spacial score (nSPS) is 38.3. The number of unbranched alkanes of at least 4 members (excludes halogenated alkanes) is 1. The van der Waals surface area contributed by atoms with E-state index in [0.29, 0.717) is 6.42 Å². The maximum Gasteiger partial charge on any atom is 0.0928 e. The van der Waals surface area contributed by atoms with Gasteiger partial charge in [0.25, 0.3) is 0 Å². The second-order valence-electron chi connectivity index (χ2n) is 10.2. The van der Waals surface area contributed by atoms with Crippen molar-refractivity contribution in [2.75, 3.05) is 6.67 Å². The van der Waals surface area contributed by atoms with Crippen molar-refractivity contribution in [3.63, 3.8) is 0 Å². The molecule has 0 spiro atoms. The van der Waals surface area contributed by atoms with Crippen LogP contribution in [0.15, 0.2) is 12.2 Å². The molecule has 0 nitrogen and oxygen atoms in total.